The number of allylic oxidation sites excluding steroid dienone is 8. The summed E-state index contributed by atoms with van der Waals surface area (Å²) in [5, 5.41) is 0. The van der Waals surface area contributed by atoms with E-state index in [1.165, 1.54) is 49.7 Å². The minimum absolute atomic E-state index is 0. The molecule has 2 unspecified atom stereocenters. The smallest absolute Gasteiger partial charge is 1.00 e. The van der Waals surface area contributed by atoms with Gasteiger partial charge in [0.15, 0.2) is 0 Å². The third-order valence-corrected chi connectivity index (χ3v) is 9.66. The van der Waals surface area contributed by atoms with Crippen molar-refractivity contribution in [2.45, 2.75) is 72.5 Å². The van der Waals surface area contributed by atoms with Gasteiger partial charge in [-0.15, -0.1) is 0 Å². The average Bonchev–Trinajstić information content (AvgIpc) is 2.99. The fourth-order valence-corrected chi connectivity index (χ4v) is 9.44. The van der Waals surface area contributed by atoms with Crippen LogP contribution in [0, 0.1) is 0 Å². The second-order valence-electron chi connectivity index (χ2n) is 6.86. The van der Waals surface area contributed by atoms with Crippen molar-refractivity contribution in [2.24, 2.45) is 0 Å². The van der Waals surface area contributed by atoms with Gasteiger partial charge in [0.1, 0.15) is 0 Å². The maximum Gasteiger partial charge on any atom is -1.00 e. The summed E-state index contributed by atoms with van der Waals surface area (Å²) in [6.45, 7) is 9.18. The summed E-state index contributed by atoms with van der Waals surface area (Å²) >= 11 is -0.623. The summed E-state index contributed by atoms with van der Waals surface area (Å²) in [5.41, 5.74) is 2.97. The van der Waals surface area contributed by atoms with Gasteiger partial charge in [0.25, 0.3) is 0 Å². The van der Waals surface area contributed by atoms with Crippen molar-refractivity contribution in [3.63, 3.8) is 0 Å². The van der Waals surface area contributed by atoms with Crippen LogP contribution in [0.2, 0.25) is 6.25 Å². The number of unbranched alkanes of at least 4 members (excludes halogenated alkanes) is 2. The predicted octanol–water partition coefficient (Wildman–Crippen LogP) is 7.02. The van der Waals surface area contributed by atoms with Crippen LogP contribution < -0.4 is 0 Å². The topological polar surface area (TPSA) is 0 Å². The monoisotopic (exact) mass is 362 g/mol. The zero-order chi connectivity index (χ0) is 15.3. The van der Waals surface area contributed by atoms with Gasteiger partial charge in [0.05, 0.1) is 0 Å². The predicted molar refractivity (Wildman–Crippen MR) is 92.5 cm³/mol. The van der Waals surface area contributed by atoms with E-state index >= 15 is 0 Å². The largest absolute Gasteiger partial charge is 1.00 e. The maximum atomic E-state index is 2.61. The van der Waals surface area contributed by atoms with Crippen LogP contribution in [0.25, 0.3) is 0 Å². The van der Waals surface area contributed by atoms with E-state index in [0.717, 1.165) is 0 Å². The minimum Gasteiger partial charge on any atom is -1.00 e. The molecule has 1 heteroatoms. The van der Waals surface area contributed by atoms with E-state index in [-0.39, 0.29) is 2.85 Å². The summed E-state index contributed by atoms with van der Waals surface area (Å²) in [6.07, 6.45) is 23.2. The Balaban J connectivity index is 0.00000242. The third-order valence-electron chi connectivity index (χ3n) is 4.61. The molecule has 116 valence electrons. The molecule has 0 spiro atoms. The van der Waals surface area contributed by atoms with Crippen LogP contribution in [0.3, 0.4) is 0 Å². The summed E-state index contributed by atoms with van der Waals surface area (Å²) in [5.74, 6) is 0. The first-order valence-corrected chi connectivity index (χ1v) is 11.1. The molecule has 0 aliphatic heterocycles. The van der Waals surface area contributed by atoms with Crippen molar-refractivity contribution < 1.29 is 26.1 Å². The van der Waals surface area contributed by atoms with Gasteiger partial charge in [-0.05, 0) is 0 Å². The van der Waals surface area contributed by atoms with E-state index in [0.29, 0.717) is 6.25 Å². The van der Waals surface area contributed by atoms with Crippen LogP contribution in [0.5, 0.6) is 0 Å². The first-order valence-electron chi connectivity index (χ1n) is 8.60. The molecule has 21 heavy (non-hydrogen) atoms. The summed E-state index contributed by atoms with van der Waals surface area (Å²) in [4.78, 5) is 0. The molecule has 0 heterocycles. The molecule has 0 N–H and O–H groups in total. The molecule has 0 saturated heterocycles. The Morgan fingerprint density at radius 2 is 1.29 bits per heavy atom. The summed E-state index contributed by atoms with van der Waals surface area (Å²) in [6, 6.07) is 0. The van der Waals surface area contributed by atoms with Crippen molar-refractivity contribution in [2.75, 3.05) is 0 Å². The second-order valence-corrected chi connectivity index (χ2v) is 12.0. The fraction of sp³-hybridized carbons (Fsp3) is 0.600. The summed E-state index contributed by atoms with van der Waals surface area (Å²) in [7, 11) is 0. The van der Waals surface area contributed by atoms with E-state index in [1.54, 1.807) is 0 Å². The number of hydrogen-bond donors (Lipinski definition) is 0. The minimum atomic E-state index is -0.623. The van der Waals surface area contributed by atoms with Gasteiger partial charge >= 0.3 is 143 Å². The normalized spacial score (nSPS) is 30.5. The molecule has 0 nitrogen and oxygen atoms in total. The number of hydrogen-bond acceptors (Lipinski definition) is 0. The molecular formula is C20H32Zr. The van der Waals surface area contributed by atoms with Crippen LogP contribution in [-0.4, -0.2) is 0 Å². The molecule has 2 aliphatic rings. The van der Waals surface area contributed by atoms with Crippen LogP contribution in [0.1, 0.15) is 69.1 Å². The van der Waals surface area contributed by atoms with Gasteiger partial charge in [0, 0.05) is 0 Å². The first kappa shape index (κ1) is 17.2. The molecule has 0 amide bonds. The molecule has 0 radical (unpaired) electrons. The van der Waals surface area contributed by atoms with E-state index in [9.17, 15) is 0 Å². The summed E-state index contributed by atoms with van der Waals surface area (Å²) < 4.78 is 0.922. The van der Waals surface area contributed by atoms with E-state index in [2.05, 4.69) is 64.2 Å². The Labute approximate surface area is 146 Å². The fourth-order valence-electron chi connectivity index (χ4n) is 3.53. The van der Waals surface area contributed by atoms with Crippen molar-refractivity contribution in [1.82, 2.24) is 0 Å². The van der Waals surface area contributed by atoms with Crippen molar-refractivity contribution in [3.8, 4) is 0 Å². The molecule has 2 aliphatic carbocycles. The van der Waals surface area contributed by atoms with E-state index in [4.69, 9.17) is 0 Å². The zero-order valence-corrected chi connectivity index (χ0v) is 16.7. The van der Waals surface area contributed by atoms with Gasteiger partial charge in [-0.25, -0.2) is 0 Å². The SMILES string of the molecule is CCCC[C]1([Zr+2][C]2(CCCC)C=CC(C)=C2)C=CC(C)=C1.[H-].[H-]. The van der Waals surface area contributed by atoms with Gasteiger partial charge < -0.3 is 2.85 Å². The van der Waals surface area contributed by atoms with Crippen LogP contribution in [0.4, 0.5) is 0 Å². The molecule has 0 saturated carbocycles. The Hall–Kier alpha value is -0.157. The molecule has 0 fully saturated rings. The van der Waals surface area contributed by atoms with Crippen LogP contribution >= 0.6 is 0 Å². The molecule has 0 aromatic heterocycles. The standard InChI is InChI=1S/2C10H15.Zr.2H/c2*1-3-4-5-10-7-6-9(2)8-10;;;/h2*6-8H,3-5H2,1-2H3;;;/q;;+2;2*-1. The molecule has 0 aromatic carbocycles. The average molecular weight is 364 g/mol. The van der Waals surface area contributed by atoms with Crippen LogP contribution in [0.15, 0.2) is 47.6 Å². The van der Waals surface area contributed by atoms with Gasteiger partial charge in [-0.2, -0.15) is 0 Å². The second kappa shape index (κ2) is 7.41. The molecule has 2 atom stereocenters. The Morgan fingerprint density at radius 3 is 1.57 bits per heavy atom. The van der Waals surface area contributed by atoms with E-state index in [1.807, 2.05) is 0 Å². The third kappa shape index (κ3) is 4.41. The van der Waals surface area contributed by atoms with Gasteiger partial charge in [-0.1, -0.05) is 0 Å². The molecular weight excluding hydrogens is 331 g/mol. The van der Waals surface area contributed by atoms with Crippen LogP contribution in [-0.2, 0) is 23.2 Å². The number of rotatable bonds is 8. The Kier molecular flexibility index (Phi) is 6.07. The first-order chi connectivity index (χ1) is 10.0. The Bertz CT molecular complexity index is 446. The molecule has 2 rings (SSSR count). The van der Waals surface area contributed by atoms with Gasteiger partial charge in [-0.3, -0.25) is 0 Å². The molecule has 0 bridgehead atoms. The quantitative estimate of drug-likeness (QED) is 0.434. The van der Waals surface area contributed by atoms with E-state index < -0.39 is 23.2 Å². The molecule has 0 aromatic rings. The van der Waals surface area contributed by atoms with Gasteiger partial charge in [0.2, 0.25) is 0 Å². The Morgan fingerprint density at radius 1 is 0.857 bits per heavy atom. The zero-order valence-electron chi connectivity index (χ0n) is 16.2. The maximum absolute atomic E-state index is 2.61. The van der Waals surface area contributed by atoms with Crippen molar-refractivity contribution in [3.05, 3.63) is 47.6 Å². The van der Waals surface area contributed by atoms with Crippen molar-refractivity contribution >= 4 is 0 Å². The van der Waals surface area contributed by atoms with Crippen molar-refractivity contribution in [1.29, 1.82) is 0 Å².